The molecule has 0 spiro atoms. The molecule has 1 aromatic carbocycles. The number of nitrogens with one attached hydrogen (secondary N) is 1. The molecule has 0 heterocycles. The van der Waals surface area contributed by atoms with Crippen LogP contribution in [0, 0.1) is 17.1 Å². The van der Waals surface area contributed by atoms with Crippen LogP contribution >= 0.6 is 15.9 Å². The first-order chi connectivity index (χ1) is 7.53. The zero-order valence-corrected chi connectivity index (χ0v) is 10.5. The van der Waals surface area contributed by atoms with Crippen LogP contribution in [0.4, 0.5) is 4.39 Å². The topological polar surface area (TPSA) is 35.8 Å². The lowest BCUT2D eigenvalue weighted by Gasteiger charge is -2.23. The van der Waals surface area contributed by atoms with Crippen LogP contribution in [0.5, 0.6) is 0 Å². The molecule has 0 radical (unpaired) electrons. The van der Waals surface area contributed by atoms with Gasteiger partial charge >= 0.3 is 0 Å². The average Bonchev–Trinajstić information content (AvgIpc) is 2.29. The molecule has 0 bridgehead atoms. The van der Waals surface area contributed by atoms with E-state index in [0.29, 0.717) is 12.1 Å². The molecule has 0 aromatic heterocycles. The maximum Gasteiger partial charge on any atom is 0.132 e. The molecule has 16 heavy (non-hydrogen) atoms. The second-order valence-electron chi connectivity index (χ2n) is 3.53. The summed E-state index contributed by atoms with van der Waals surface area (Å²) in [5, 5.41) is 12.1. The monoisotopic (exact) mass is 282 g/mol. The van der Waals surface area contributed by atoms with Gasteiger partial charge in [-0.2, -0.15) is 5.26 Å². The zero-order valence-electron chi connectivity index (χ0n) is 8.93. The molecule has 4 heteroatoms. The van der Waals surface area contributed by atoms with Crippen LogP contribution in [0.1, 0.15) is 12.5 Å². The maximum absolute atomic E-state index is 13.6. The van der Waals surface area contributed by atoms with Gasteiger partial charge < -0.3 is 0 Å². The summed E-state index contributed by atoms with van der Waals surface area (Å²) in [6.45, 7) is 5.64. The van der Waals surface area contributed by atoms with Crippen LogP contribution in [0.15, 0.2) is 35.3 Å². The molecule has 1 atom stereocenters. The van der Waals surface area contributed by atoms with Gasteiger partial charge in [0.25, 0.3) is 0 Å². The van der Waals surface area contributed by atoms with Crippen LogP contribution in [-0.2, 0) is 5.54 Å². The molecule has 0 amide bonds. The number of benzene rings is 1. The molecule has 1 rings (SSSR count). The zero-order chi connectivity index (χ0) is 12.2. The fourth-order valence-electron chi connectivity index (χ4n) is 1.35. The van der Waals surface area contributed by atoms with Gasteiger partial charge in [0.1, 0.15) is 11.4 Å². The van der Waals surface area contributed by atoms with Crippen molar-refractivity contribution in [3.8, 4) is 6.07 Å². The van der Waals surface area contributed by atoms with E-state index in [1.165, 1.54) is 6.07 Å². The smallest absolute Gasteiger partial charge is 0.132 e. The third-order valence-corrected chi connectivity index (χ3v) is 2.78. The van der Waals surface area contributed by atoms with E-state index in [9.17, 15) is 4.39 Å². The van der Waals surface area contributed by atoms with Gasteiger partial charge in [0.05, 0.1) is 6.07 Å². The predicted octanol–water partition coefficient (Wildman–Crippen LogP) is 3.10. The molecule has 0 aliphatic heterocycles. The van der Waals surface area contributed by atoms with Crippen molar-refractivity contribution >= 4 is 15.9 Å². The summed E-state index contributed by atoms with van der Waals surface area (Å²) in [6.07, 6.45) is 1.63. The van der Waals surface area contributed by atoms with Crippen molar-refractivity contribution in [1.82, 2.24) is 5.32 Å². The van der Waals surface area contributed by atoms with Gasteiger partial charge in [-0.1, -0.05) is 22.0 Å². The molecular formula is C12H12BrFN2. The largest absolute Gasteiger partial charge is 0.292 e. The minimum Gasteiger partial charge on any atom is -0.292 e. The van der Waals surface area contributed by atoms with E-state index < -0.39 is 11.4 Å². The minimum atomic E-state index is -1.05. The predicted molar refractivity (Wildman–Crippen MR) is 65.3 cm³/mol. The van der Waals surface area contributed by atoms with E-state index in [0.717, 1.165) is 4.47 Å². The van der Waals surface area contributed by atoms with Crippen molar-refractivity contribution < 1.29 is 4.39 Å². The summed E-state index contributed by atoms with van der Waals surface area (Å²) in [5.41, 5.74) is -0.728. The molecule has 1 aromatic rings. The number of hydrogen-bond acceptors (Lipinski definition) is 2. The van der Waals surface area contributed by atoms with E-state index in [2.05, 4.69) is 33.9 Å². The normalized spacial score (nSPS) is 13.9. The Labute approximate surface area is 103 Å². The van der Waals surface area contributed by atoms with E-state index in [4.69, 9.17) is 5.26 Å². The van der Waals surface area contributed by atoms with Crippen LogP contribution in [0.25, 0.3) is 0 Å². The molecule has 0 saturated carbocycles. The quantitative estimate of drug-likeness (QED) is 0.862. The molecule has 84 valence electrons. The summed E-state index contributed by atoms with van der Waals surface area (Å²) < 4.78 is 14.4. The van der Waals surface area contributed by atoms with Gasteiger partial charge in [-0.25, -0.2) is 4.39 Å². The van der Waals surface area contributed by atoms with Gasteiger partial charge in [-0.3, -0.25) is 5.32 Å². The first kappa shape index (κ1) is 12.9. The van der Waals surface area contributed by atoms with Gasteiger partial charge in [0.2, 0.25) is 0 Å². The van der Waals surface area contributed by atoms with Crippen molar-refractivity contribution in [2.75, 3.05) is 6.54 Å². The Bertz CT molecular complexity index is 439. The van der Waals surface area contributed by atoms with Crippen LogP contribution in [-0.4, -0.2) is 6.54 Å². The van der Waals surface area contributed by atoms with Crippen LogP contribution < -0.4 is 5.32 Å². The standard InChI is InChI=1S/C12H12BrFN2/c1-3-6-16-12(2,8-15)10-7-9(13)4-5-11(10)14/h3-5,7,16H,1,6H2,2H3. The first-order valence-corrected chi connectivity index (χ1v) is 5.55. The Morgan fingerprint density at radius 3 is 2.94 bits per heavy atom. The van der Waals surface area contributed by atoms with E-state index in [1.807, 2.05) is 0 Å². The van der Waals surface area contributed by atoms with Crippen molar-refractivity contribution in [3.63, 3.8) is 0 Å². The summed E-state index contributed by atoms with van der Waals surface area (Å²) in [7, 11) is 0. The van der Waals surface area contributed by atoms with Crippen molar-refractivity contribution in [1.29, 1.82) is 5.26 Å². The average molecular weight is 283 g/mol. The number of halogens is 2. The van der Waals surface area contributed by atoms with Crippen molar-refractivity contribution in [2.45, 2.75) is 12.5 Å². The Hall–Kier alpha value is -1.18. The lowest BCUT2D eigenvalue weighted by atomic mass is 9.93. The van der Waals surface area contributed by atoms with Gasteiger partial charge in [0, 0.05) is 16.6 Å². The molecule has 0 aliphatic rings. The van der Waals surface area contributed by atoms with Crippen LogP contribution in [0.2, 0.25) is 0 Å². The van der Waals surface area contributed by atoms with Gasteiger partial charge in [-0.15, -0.1) is 6.58 Å². The summed E-state index contributed by atoms with van der Waals surface area (Å²) in [6, 6.07) is 6.62. The third-order valence-electron chi connectivity index (χ3n) is 2.29. The highest BCUT2D eigenvalue weighted by atomic mass is 79.9. The molecule has 0 aliphatic carbocycles. The molecule has 0 fully saturated rings. The Morgan fingerprint density at radius 1 is 1.69 bits per heavy atom. The molecule has 0 saturated heterocycles. The Morgan fingerprint density at radius 2 is 2.38 bits per heavy atom. The molecule has 2 nitrogen and oxygen atoms in total. The number of nitrogens with zero attached hydrogens (tertiary/aromatic N) is 1. The second-order valence-corrected chi connectivity index (χ2v) is 4.45. The van der Waals surface area contributed by atoms with E-state index in [1.54, 1.807) is 25.1 Å². The lowest BCUT2D eigenvalue weighted by Crippen LogP contribution is -2.39. The first-order valence-electron chi connectivity index (χ1n) is 4.76. The number of hydrogen-bond donors (Lipinski definition) is 1. The highest BCUT2D eigenvalue weighted by Gasteiger charge is 2.28. The number of rotatable bonds is 4. The SMILES string of the molecule is C=CCNC(C)(C#N)c1cc(Br)ccc1F. The van der Waals surface area contributed by atoms with Gasteiger partial charge in [-0.05, 0) is 25.1 Å². The fraction of sp³-hybridized carbons (Fsp3) is 0.250. The maximum atomic E-state index is 13.6. The summed E-state index contributed by atoms with van der Waals surface area (Å²) in [5.74, 6) is -0.399. The lowest BCUT2D eigenvalue weighted by molar-refractivity contribution is 0.463. The highest BCUT2D eigenvalue weighted by Crippen LogP contribution is 2.26. The van der Waals surface area contributed by atoms with E-state index in [-0.39, 0.29) is 0 Å². The summed E-state index contributed by atoms with van der Waals surface area (Å²) >= 11 is 3.26. The molecule has 1 unspecified atom stereocenters. The van der Waals surface area contributed by atoms with E-state index >= 15 is 0 Å². The number of nitriles is 1. The van der Waals surface area contributed by atoms with Gasteiger partial charge in [0.15, 0.2) is 0 Å². The van der Waals surface area contributed by atoms with Crippen LogP contribution in [0.3, 0.4) is 0 Å². The Kier molecular flexibility index (Phi) is 4.22. The highest BCUT2D eigenvalue weighted by molar-refractivity contribution is 9.10. The molecule has 1 N–H and O–H groups in total. The minimum absolute atomic E-state index is 0.325. The third kappa shape index (κ3) is 2.69. The fourth-order valence-corrected chi connectivity index (χ4v) is 1.71. The second kappa shape index (κ2) is 5.24. The van der Waals surface area contributed by atoms with Crippen molar-refractivity contribution in [2.24, 2.45) is 0 Å². The Balaban J connectivity index is 3.17. The molecular weight excluding hydrogens is 271 g/mol. The van der Waals surface area contributed by atoms with Crippen molar-refractivity contribution in [3.05, 3.63) is 46.7 Å². The summed E-state index contributed by atoms with van der Waals surface area (Å²) in [4.78, 5) is 0.